The van der Waals surface area contributed by atoms with Crippen molar-refractivity contribution in [2.24, 2.45) is 0 Å². The number of halogens is 3. The highest BCUT2D eigenvalue weighted by molar-refractivity contribution is 6.75. The van der Waals surface area contributed by atoms with E-state index in [0.29, 0.717) is 0 Å². The Balaban J connectivity index is 2.55. The van der Waals surface area contributed by atoms with E-state index in [9.17, 15) is 9.59 Å². The van der Waals surface area contributed by atoms with E-state index >= 15 is 0 Å². The number of carbonyl (C=O) groups is 2. The molecule has 0 heterocycles. The zero-order valence-electron chi connectivity index (χ0n) is 9.40. The summed E-state index contributed by atoms with van der Waals surface area (Å²) in [7, 11) is 1.28. The number of hydrogen-bond donors (Lipinski definition) is 0. The lowest BCUT2D eigenvalue weighted by Crippen LogP contribution is -2.35. The summed E-state index contributed by atoms with van der Waals surface area (Å²) < 4.78 is -2.21. The summed E-state index contributed by atoms with van der Waals surface area (Å²) in [5.74, 6) is -1.56. The van der Waals surface area contributed by atoms with Gasteiger partial charge in [-0.3, -0.25) is 4.79 Å². The maximum absolute atomic E-state index is 11.7. The molecule has 1 aromatic carbocycles. The molecule has 0 atom stereocenters. The van der Waals surface area contributed by atoms with Gasteiger partial charge in [0, 0.05) is 7.05 Å². The number of nitrogens with zero attached hydrogens (tertiary/aromatic N) is 1. The molecule has 0 aliphatic rings. The van der Waals surface area contributed by atoms with E-state index in [1.807, 2.05) is 6.07 Å². The van der Waals surface area contributed by atoms with E-state index in [1.54, 1.807) is 24.3 Å². The average Bonchev–Trinajstić information content (AvgIpc) is 2.28. The van der Waals surface area contributed by atoms with Crippen molar-refractivity contribution in [3.8, 4) is 0 Å². The first-order chi connectivity index (χ1) is 8.30. The topological polar surface area (TPSA) is 46.6 Å². The van der Waals surface area contributed by atoms with Crippen molar-refractivity contribution in [1.29, 1.82) is 0 Å². The van der Waals surface area contributed by atoms with Gasteiger partial charge in [-0.1, -0.05) is 65.1 Å². The summed E-state index contributed by atoms with van der Waals surface area (Å²) in [5, 5.41) is 0.747. The third-order valence-electron chi connectivity index (χ3n) is 2.00. The van der Waals surface area contributed by atoms with Crippen LogP contribution in [0, 0.1) is 0 Å². The van der Waals surface area contributed by atoms with Crippen LogP contribution in [0.3, 0.4) is 0 Å². The van der Waals surface area contributed by atoms with Crippen LogP contribution in [0.15, 0.2) is 30.3 Å². The lowest BCUT2D eigenvalue weighted by molar-refractivity contribution is -0.191. The Morgan fingerprint density at radius 3 is 2.28 bits per heavy atom. The molecule has 0 saturated heterocycles. The van der Waals surface area contributed by atoms with Gasteiger partial charge in [0.25, 0.3) is 9.70 Å². The molecule has 98 valence electrons. The van der Waals surface area contributed by atoms with Crippen LogP contribution < -0.4 is 0 Å². The fourth-order valence-corrected chi connectivity index (χ4v) is 1.21. The minimum atomic E-state index is -2.21. The maximum Gasteiger partial charge on any atom is 0.383 e. The molecule has 0 spiro atoms. The quantitative estimate of drug-likeness (QED) is 0.623. The zero-order chi connectivity index (χ0) is 13.8. The van der Waals surface area contributed by atoms with E-state index in [4.69, 9.17) is 34.8 Å². The van der Waals surface area contributed by atoms with Gasteiger partial charge >= 0.3 is 5.97 Å². The smallest absolute Gasteiger partial charge is 0.334 e. The average molecular weight is 311 g/mol. The molecular formula is C11H10Cl3NO3. The van der Waals surface area contributed by atoms with Crippen molar-refractivity contribution in [2.75, 3.05) is 7.05 Å². The molecule has 1 aromatic rings. The molecule has 0 radical (unpaired) electrons. The van der Waals surface area contributed by atoms with Crippen molar-refractivity contribution >= 4 is 46.7 Å². The fourth-order valence-electron chi connectivity index (χ4n) is 1.11. The Morgan fingerprint density at radius 1 is 1.22 bits per heavy atom. The van der Waals surface area contributed by atoms with Crippen molar-refractivity contribution in [1.82, 2.24) is 5.06 Å². The first-order valence-corrected chi connectivity index (χ1v) is 6.03. The minimum absolute atomic E-state index is 0.0878. The molecule has 18 heavy (non-hydrogen) atoms. The van der Waals surface area contributed by atoms with E-state index in [0.717, 1.165) is 10.6 Å². The second kappa shape index (κ2) is 6.27. The lowest BCUT2D eigenvalue weighted by atomic mass is 10.1. The molecule has 0 bridgehead atoms. The van der Waals surface area contributed by atoms with Crippen LogP contribution in [0.4, 0.5) is 0 Å². The Bertz CT molecular complexity index is 431. The fraction of sp³-hybridized carbons (Fsp3) is 0.273. The normalized spacial score (nSPS) is 10.9. The molecule has 1 amide bonds. The van der Waals surface area contributed by atoms with E-state index in [1.165, 1.54) is 7.05 Å². The third-order valence-corrected chi connectivity index (χ3v) is 2.46. The third kappa shape index (κ3) is 4.72. The van der Waals surface area contributed by atoms with Crippen molar-refractivity contribution in [2.45, 2.75) is 10.2 Å². The van der Waals surface area contributed by atoms with Crippen molar-refractivity contribution < 1.29 is 14.4 Å². The number of likely N-dealkylation sites (N-methyl/N-ethyl adjacent to an activating group) is 1. The predicted octanol–water partition coefficient (Wildman–Crippen LogP) is 2.52. The van der Waals surface area contributed by atoms with Crippen LogP contribution in [-0.2, 0) is 20.8 Å². The lowest BCUT2D eigenvalue weighted by Gasteiger charge is -2.18. The predicted molar refractivity (Wildman–Crippen MR) is 69.3 cm³/mol. The summed E-state index contributed by atoms with van der Waals surface area (Å²) in [6, 6.07) is 9.00. The van der Waals surface area contributed by atoms with Gasteiger partial charge in [-0.25, -0.2) is 4.79 Å². The second-order valence-corrected chi connectivity index (χ2v) is 5.71. The van der Waals surface area contributed by atoms with Crippen molar-refractivity contribution in [3.63, 3.8) is 0 Å². The number of amides is 1. The molecule has 1 rings (SSSR count). The van der Waals surface area contributed by atoms with Crippen LogP contribution in [0.1, 0.15) is 5.56 Å². The molecule has 4 nitrogen and oxygen atoms in total. The zero-order valence-corrected chi connectivity index (χ0v) is 11.7. The van der Waals surface area contributed by atoms with Gasteiger partial charge in [-0.15, -0.1) is 0 Å². The minimum Gasteiger partial charge on any atom is -0.334 e. The molecule has 0 N–H and O–H groups in total. The second-order valence-electron chi connectivity index (χ2n) is 3.43. The number of hydrogen-bond acceptors (Lipinski definition) is 3. The molecule has 0 aliphatic carbocycles. The number of alkyl halides is 3. The molecule has 0 fully saturated rings. The number of hydroxylamine groups is 2. The molecule has 0 aliphatic heterocycles. The van der Waals surface area contributed by atoms with E-state index < -0.39 is 15.7 Å². The molecular weight excluding hydrogens is 300 g/mol. The van der Waals surface area contributed by atoms with Crippen LogP contribution in [0.5, 0.6) is 0 Å². The van der Waals surface area contributed by atoms with Crippen LogP contribution in [0.25, 0.3) is 0 Å². The first-order valence-electron chi connectivity index (χ1n) is 4.90. The Kier molecular flexibility index (Phi) is 5.26. The Labute approximate surface area is 119 Å². The highest BCUT2D eigenvalue weighted by Gasteiger charge is 2.35. The number of carbonyl (C=O) groups excluding carboxylic acids is 2. The summed E-state index contributed by atoms with van der Waals surface area (Å²) in [6.45, 7) is 0. The maximum atomic E-state index is 11.7. The van der Waals surface area contributed by atoms with Gasteiger partial charge in [-0.05, 0) is 5.56 Å². The van der Waals surface area contributed by atoms with Gasteiger partial charge in [0.1, 0.15) is 0 Å². The van der Waals surface area contributed by atoms with Gasteiger partial charge in [0.2, 0.25) is 0 Å². The number of rotatable bonds is 2. The standard InChI is InChI=1S/C11H10Cl3NO3/c1-15(18-10(17)11(12,13)14)9(16)7-8-5-3-2-4-6-8/h2-6H,7H2,1H3. The molecule has 0 saturated carbocycles. The van der Waals surface area contributed by atoms with Crippen LogP contribution in [-0.4, -0.2) is 27.8 Å². The summed E-state index contributed by atoms with van der Waals surface area (Å²) in [6.07, 6.45) is 0.0878. The molecule has 0 unspecified atom stereocenters. The first kappa shape index (κ1) is 15.1. The highest BCUT2D eigenvalue weighted by atomic mass is 35.6. The van der Waals surface area contributed by atoms with Crippen LogP contribution >= 0.6 is 34.8 Å². The largest absolute Gasteiger partial charge is 0.383 e. The monoisotopic (exact) mass is 309 g/mol. The van der Waals surface area contributed by atoms with Gasteiger partial charge in [0.05, 0.1) is 6.42 Å². The molecule has 7 heteroatoms. The van der Waals surface area contributed by atoms with Gasteiger partial charge in [0.15, 0.2) is 0 Å². The van der Waals surface area contributed by atoms with Gasteiger partial charge < -0.3 is 4.84 Å². The van der Waals surface area contributed by atoms with E-state index in [2.05, 4.69) is 4.84 Å². The van der Waals surface area contributed by atoms with E-state index in [-0.39, 0.29) is 6.42 Å². The highest BCUT2D eigenvalue weighted by Crippen LogP contribution is 2.27. The SMILES string of the molecule is CN(OC(=O)C(Cl)(Cl)Cl)C(=O)Cc1ccccc1. The summed E-state index contributed by atoms with van der Waals surface area (Å²) in [4.78, 5) is 27.5. The summed E-state index contributed by atoms with van der Waals surface area (Å²) >= 11 is 15.9. The van der Waals surface area contributed by atoms with Gasteiger partial charge in [-0.2, -0.15) is 5.06 Å². The Hall–Kier alpha value is -0.970. The Morgan fingerprint density at radius 2 is 1.78 bits per heavy atom. The van der Waals surface area contributed by atoms with Crippen molar-refractivity contribution in [3.05, 3.63) is 35.9 Å². The van der Waals surface area contributed by atoms with Crippen LogP contribution in [0.2, 0.25) is 0 Å². The number of benzene rings is 1. The molecule has 0 aromatic heterocycles. The summed E-state index contributed by atoms with van der Waals surface area (Å²) in [5.41, 5.74) is 0.791.